The van der Waals surface area contributed by atoms with Crippen LogP contribution in [0.2, 0.25) is 0 Å². The van der Waals surface area contributed by atoms with Gasteiger partial charge in [-0.2, -0.15) is 11.8 Å². The normalized spacial score (nSPS) is 14.6. The molecule has 0 bridgehead atoms. The summed E-state index contributed by atoms with van der Waals surface area (Å²) in [7, 11) is 0. The number of benzene rings is 1. The summed E-state index contributed by atoms with van der Waals surface area (Å²) in [6, 6.07) is 7.16. The Morgan fingerprint density at radius 1 is 1.35 bits per heavy atom. The average molecular weight is 255 g/mol. The minimum Gasteiger partial charge on any atom is -0.310 e. The van der Waals surface area contributed by atoms with E-state index in [2.05, 4.69) is 25.4 Å². The van der Waals surface area contributed by atoms with Crippen LogP contribution in [0.1, 0.15) is 38.3 Å². The largest absolute Gasteiger partial charge is 0.310 e. The fourth-order valence-electron chi connectivity index (χ4n) is 1.81. The molecular formula is C14H22FNS. The van der Waals surface area contributed by atoms with Crippen molar-refractivity contribution in [3.63, 3.8) is 0 Å². The van der Waals surface area contributed by atoms with Crippen molar-refractivity contribution in [3.8, 4) is 0 Å². The van der Waals surface area contributed by atoms with Crippen molar-refractivity contribution in [1.29, 1.82) is 0 Å². The van der Waals surface area contributed by atoms with Crippen LogP contribution >= 0.6 is 11.8 Å². The number of nitrogens with one attached hydrogen (secondary N) is 1. The van der Waals surface area contributed by atoms with E-state index < -0.39 is 0 Å². The smallest absolute Gasteiger partial charge is 0.127 e. The summed E-state index contributed by atoms with van der Waals surface area (Å²) in [6.07, 6.45) is 4.15. The SMILES string of the molecule is CCC(NCCC(C)SC)c1ccccc1F. The molecule has 1 aromatic rings. The molecule has 0 aliphatic carbocycles. The summed E-state index contributed by atoms with van der Waals surface area (Å²) >= 11 is 1.87. The Labute approximate surface area is 108 Å². The van der Waals surface area contributed by atoms with Crippen LogP contribution in [0.15, 0.2) is 24.3 Å². The first kappa shape index (κ1) is 14.5. The van der Waals surface area contributed by atoms with E-state index in [1.165, 1.54) is 6.07 Å². The van der Waals surface area contributed by atoms with Crippen LogP contribution in [-0.2, 0) is 0 Å². The molecule has 1 nitrogen and oxygen atoms in total. The van der Waals surface area contributed by atoms with E-state index in [0.717, 1.165) is 24.9 Å². The number of thioether (sulfide) groups is 1. The van der Waals surface area contributed by atoms with Gasteiger partial charge in [0.25, 0.3) is 0 Å². The predicted octanol–water partition coefficient (Wildman–Crippen LogP) is 4.01. The second-order valence-corrected chi connectivity index (χ2v) is 5.55. The molecule has 0 spiro atoms. The lowest BCUT2D eigenvalue weighted by Crippen LogP contribution is -2.24. The highest BCUT2D eigenvalue weighted by molar-refractivity contribution is 7.99. The fourth-order valence-corrected chi connectivity index (χ4v) is 2.16. The third kappa shape index (κ3) is 4.68. The maximum Gasteiger partial charge on any atom is 0.127 e. The van der Waals surface area contributed by atoms with Gasteiger partial charge in [0.2, 0.25) is 0 Å². The average Bonchev–Trinajstić information content (AvgIpc) is 2.35. The molecule has 3 heteroatoms. The van der Waals surface area contributed by atoms with Crippen molar-refractivity contribution >= 4 is 11.8 Å². The first-order chi connectivity index (χ1) is 8.19. The Balaban J connectivity index is 2.52. The van der Waals surface area contributed by atoms with E-state index in [4.69, 9.17) is 0 Å². The molecule has 1 rings (SSSR count). The maximum atomic E-state index is 13.6. The quantitative estimate of drug-likeness (QED) is 0.790. The number of rotatable bonds is 7. The van der Waals surface area contributed by atoms with Crippen molar-refractivity contribution in [2.24, 2.45) is 0 Å². The third-order valence-electron chi connectivity index (χ3n) is 3.03. The summed E-state index contributed by atoms with van der Waals surface area (Å²) in [6.45, 7) is 5.24. The summed E-state index contributed by atoms with van der Waals surface area (Å²) in [4.78, 5) is 0. The topological polar surface area (TPSA) is 12.0 Å². The van der Waals surface area contributed by atoms with E-state index in [9.17, 15) is 4.39 Å². The van der Waals surface area contributed by atoms with Gasteiger partial charge >= 0.3 is 0 Å². The second kappa shape index (κ2) is 7.72. The van der Waals surface area contributed by atoms with Gasteiger partial charge in [-0.25, -0.2) is 4.39 Å². The second-order valence-electron chi connectivity index (χ2n) is 4.27. The molecule has 0 saturated heterocycles. The minimum absolute atomic E-state index is 0.107. The van der Waals surface area contributed by atoms with Crippen molar-refractivity contribution in [3.05, 3.63) is 35.6 Å². The molecule has 0 fully saturated rings. The first-order valence-electron chi connectivity index (χ1n) is 6.19. The Bertz CT molecular complexity index is 330. The maximum absolute atomic E-state index is 13.6. The minimum atomic E-state index is -0.107. The van der Waals surface area contributed by atoms with Crippen LogP contribution in [0.5, 0.6) is 0 Å². The van der Waals surface area contributed by atoms with Gasteiger partial charge < -0.3 is 5.32 Å². The van der Waals surface area contributed by atoms with Crippen molar-refractivity contribution in [2.45, 2.75) is 38.0 Å². The molecule has 1 aromatic carbocycles. The molecule has 0 saturated carbocycles. The van der Waals surface area contributed by atoms with Crippen molar-refractivity contribution < 1.29 is 4.39 Å². The molecule has 0 heterocycles. The molecule has 96 valence electrons. The summed E-state index contributed by atoms with van der Waals surface area (Å²) < 4.78 is 13.6. The molecule has 1 N–H and O–H groups in total. The Kier molecular flexibility index (Phi) is 6.60. The zero-order valence-electron chi connectivity index (χ0n) is 10.9. The van der Waals surface area contributed by atoms with Crippen LogP contribution in [0.4, 0.5) is 4.39 Å². The molecule has 0 aliphatic rings. The molecular weight excluding hydrogens is 233 g/mol. The van der Waals surface area contributed by atoms with Crippen LogP contribution in [0.3, 0.4) is 0 Å². The van der Waals surface area contributed by atoms with Crippen LogP contribution in [0.25, 0.3) is 0 Å². The van der Waals surface area contributed by atoms with Gasteiger partial charge in [-0.15, -0.1) is 0 Å². The van der Waals surface area contributed by atoms with Crippen molar-refractivity contribution in [2.75, 3.05) is 12.8 Å². The zero-order valence-corrected chi connectivity index (χ0v) is 11.7. The molecule has 0 amide bonds. The van der Waals surface area contributed by atoms with Crippen LogP contribution in [0, 0.1) is 5.82 Å². The van der Waals surface area contributed by atoms with Crippen LogP contribution in [-0.4, -0.2) is 18.1 Å². The van der Waals surface area contributed by atoms with E-state index in [-0.39, 0.29) is 11.9 Å². The van der Waals surface area contributed by atoms with E-state index in [1.54, 1.807) is 6.07 Å². The molecule has 2 atom stereocenters. The molecule has 2 unspecified atom stereocenters. The standard InChI is InChI=1S/C14H22FNS/c1-4-14(16-10-9-11(2)17-3)12-7-5-6-8-13(12)15/h5-8,11,14,16H,4,9-10H2,1-3H3. The molecule has 17 heavy (non-hydrogen) atoms. The van der Waals surface area contributed by atoms with E-state index in [1.807, 2.05) is 23.9 Å². The fraction of sp³-hybridized carbons (Fsp3) is 0.571. The lowest BCUT2D eigenvalue weighted by atomic mass is 10.0. The summed E-state index contributed by atoms with van der Waals surface area (Å²) in [5.41, 5.74) is 0.784. The van der Waals surface area contributed by atoms with Crippen molar-refractivity contribution in [1.82, 2.24) is 5.32 Å². The van der Waals surface area contributed by atoms with Gasteiger partial charge in [-0.3, -0.25) is 0 Å². The summed E-state index contributed by atoms with van der Waals surface area (Å²) in [5.74, 6) is -0.107. The van der Waals surface area contributed by atoms with Gasteiger partial charge in [-0.05, 0) is 31.7 Å². The number of halogens is 1. The Morgan fingerprint density at radius 2 is 2.06 bits per heavy atom. The van der Waals surface area contributed by atoms with E-state index >= 15 is 0 Å². The lowest BCUT2D eigenvalue weighted by Gasteiger charge is -2.19. The van der Waals surface area contributed by atoms with Gasteiger partial charge in [0.05, 0.1) is 0 Å². The lowest BCUT2D eigenvalue weighted by molar-refractivity contribution is 0.483. The first-order valence-corrected chi connectivity index (χ1v) is 7.48. The third-order valence-corrected chi connectivity index (χ3v) is 4.07. The highest BCUT2D eigenvalue weighted by atomic mass is 32.2. The zero-order chi connectivity index (χ0) is 12.7. The summed E-state index contributed by atoms with van der Waals surface area (Å²) in [5, 5.41) is 4.09. The van der Waals surface area contributed by atoms with Gasteiger partial charge in [0, 0.05) is 16.9 Å². The van der Waals surface area contributed by atoms with Gasteiger partial charge in [0.1, 0.15) is 5.82 Å². The van der Waals surface area contributed by atoms with E-state index in [0.29, 0.717) is 5.25 Å². The monoisotopic (exact) mass is 255 g/mol. The number of hydrogen-bond acceptors (Lipinski definition) is 2. The Hall–Kier alpha value is -0.540. The van der Waals surface area contributed by atoms with Crippen LogP contribution < -0.4 is 5.32 Å². The highest BCUT2D eigenvalue weighted by Crippen LogP contribution is 2.20. The van der Waals surface area contributed by atoms with Gasteiger partial charge in [0.15, 0.2) is 0 Å². The molecule has 0 radical (unpaired) electrons. The molecule has 0 aromatic heterocycles. The number of hydrogen-bond donors (Lipinski definition) is 1. The Morgan fingerprint density at radius 3 is 2.65 bits per heavy atom. The highest BCUT2D eigenvalue weighted by Gasteiger charge is 2.12. The van der Waals surface area contributed by atoms with Gasteiger partial charge in [-0.1, -0.05) is 32.0 Å². The predicted molar refractivity (Wildman–Crippen MR) is 75.0 cm³/mol. The molecule has 0 aliphatic heterocycles.